The van der Waals surface area contributed by atoms with E-state index in [2.05, 4.69) is 41.0 Å². The molecule has 0 unspecified atom stereocenters. The molecule has 1 aromatic carbocycles. The van der Waals surface area contributed by atoms with Gasteiger partial charge < -0.3 is 16.0 Å². The van der Waals surface area contributed by atoms with Crippen LogP contribution in [0.4, 0.5) is 5.69 Å². The average Bonchev–Trinajstić information content (AvgIpc) is 2.56. The smallest absolute Gasteiger partial charge is 0.224 e. The number of amides is 1. The Bertz CT molecular complexity index is 546. The number of nitrogens with one attached hydrogen (secondary N) is 3. The van der Waals surface area contributed by atoms with E-state index in [4.69, 9.17) is 11.6 Å². The fourth-order valence-corrected chi connectivity index (χ4v) is 2.14. The van der Waals surface area contributed by atoms with Crippen molar-refractivity contribution in [2.24, 2.45) is 4.99 Å². The maximum atomic E-state index is 11.9. The summed E-state index contributed by atoms with van der Waals surface area (Å²) in [6, 6.07) is 7.09. The van der Waals surface area contributed by atoms with Crippen molar-refractivity contribution in [2.45, 2.75) is 31.4 Å². The molecule has 1 aromatic rings. The van der Waals surface area contributed by atoms with Crippen LogP contribution in [0.5, 0.6) is 0 Å². The molecular formula is C17H27ClN4OS. The van der Waals surface area contributed by atoms with Crippen molar-refractivity contribution >= 4 is 40.9 Å². The molecule has 0 spiro atoms. The lowest BCUT2D eigenvalue weighted by molar-refractivity contribution is -0.116. The van der Waals surface area contributed by atoms with Gasteiger partial charge in [-0.15, -0.1) is 0 Å². The van der Waals surface area contributed by atoms with Gasteiger partial charge in [-0.25, -0.2) is 0 Å². The fraction of sp³-hybridized carbons (Fsp3) is 0.529. The number of rotatable bonds is 8. The number of aliphatic imine (C=N–C) groups is 1. The average molecular weight is 371 g/mol. The Morgan fingerprint density at radius 1 is 1.25 bits per heavy atom. The summed E-state index contributed by atoms with van der Waals surface area (Å²) in [6.07, 6.45) is 3.27. The first-order valence-electron chi connectivity index (χ1n) is 7.91. The largest absolute Gasteiger partial charge is 0.356 e. The summed E-state index contributed by atoms with van der Waals surface area (Å²) in [4.78, 5) is 16.1. The van der Waals surface area contributed by atoms with Crippen molar-refractivity contribution in [3.8, 4) is 0 Å². The summed E-state index contributed by atoms with van der Waals surface area (Å²) >= 11 is 7.62. The first kappa shape index (κ1) is 20.6. The van der Waals surface area contributed by atoms with Crippen LogP contribution in [0.15, 0.2) is 29.3 Å². The SMILES string of the molecule is CN=C(NCCCC(=O)Nc1ccc(Cl)cc1)NCC(C)(C)SC. The van der Waals surface area contributed by atoms with E-state index in [0.29, 0.717) is 18.0 Å². The Hall–Kier alpha value is -1.40. The number of thioether (sulfide) groups is 1. The molecule has 0 saturated carbocycles. The van der Waals surface area contributed by atoms with Gasteiger partial charge >= 0.3 is 0 Å². The van der Waals surface area contributed by atoms with Crippen LogP contribution in [-0.2, 0) is 4.79 Å². The van der Waals surface area contributed by atoms with E-state index in [-0.39, 0.29) is 10.7 Å². The summed E-state index contributed by atoms with van der Waals surface area (Å²) in [5, 5.41) is 10.0. The first-order valence-corrected chi connectivity index (χ1v) is 9.51. The van der Waals surface area contributed by atoms with Crippen LogP contribution in [-0.4, -0.2) is 43.0 Å². The minimum Gasteiger partial charge on any atom is -0.356 e. The fourth-order valence-electron chi connectivity index (χ4n) is 1.80. The molecule has 0 radical (unpaired) electrons. The predicted molar refractivity (Wildman–Crippen MR) is 106 cm³/mol. The molecule has 7 heteroatoms. The number of benzene rings is 1. The Kier molecular flexibility index (Phi) is 9.00. The van der Waals surface area contributed by atoms with E-state index in [0.717, 1.165) is 24.6 Å². The maximum absolute atomic E-state index is 11.9. The van der Waals surface area contributed by atoms with Crippen LogP contribution < -0.4 is 16.0 Å². The Morgan fingerprint density at radius 3 is 2.50 bits per heavy atom. The molecule has 0 aliphatic heterocycles. The molecule has 0 aromatic heterocycles. The van der Waals surface area contributed by atoms with Crippen LogP contribution >= 0.6 is 23.4 Å². The van der Waals surface area contributed by atoms with Gasteiger partial charge in [0.2, 0.25) is 5.91 Å². The number of guanidine groups is 1. The van der Waals surface area contributed by atoms with Gasteiger partial charge in [-0.1, -0.05) is 11.6 Å². The Balaban J connectivity index is 2.24. The molecule has 0 fully saturated rings. The van der Waals surface area contributed by atoms with Crippen LogP contribution in [0.3, 0.4) is 0 Å². The molecule has 0 heterocycles. The van der Waals surface area contributed by atoms with E-state index in [9.17, 15) is 4.79 Å². The van der Waals surface area contributed by atoms with Gasteiger partial charge in [-0.2, -0.15) is 11.8 Å². The molecule has 0 atom stereocenters. The predicted octanol–water partition coefficient (Wildman–Crippen LogP) is 3.37. The highest BCUT2D eigenvalue weighted by Gasteiger charge is 2.15. The zero-order valence-corrected chi connectivity index (χ0v) is 16.4. The third-order valence-corrected chi connectivity index (χ3v) is 4.96. The molecule has 0 saturated heterocycles. The zero-order chi connectivity index (χ0) is 18.0. The van der Waals surface area contributed by atoms with Gasteiger partial charge in [0.25, 0.3) is 0 Å². The van der Waals surface area contributed by atoms with Gasteiger partial charge in [0, 0.05) is 42.0 Å². The second-order valence-corrected chi connectivity index (χ2v) is 7.92. The van der Waals surface area contributed by atoms with Crippen LogP contribution in [0.25, 0.3) is 0 Å². The number of hydrogen-bond donors (Lipinski definition) is 3. The lowest BCUT2D eigenvalue weighted by Crippen LogP contribution is -2.43. The first-order chi connectivity index (χ1) is 11.4. The topological polar surface area (TPSA) is 65.5 Å². The third-order valence-electron chi connectivity index (χ3n) is 3.46. The summed E-state index contributed by atoms with van der Waals surface area (Å²) < 4.78 is 0.149. The lowest BCUT2D eigenvalue weighted by Gasteiger charge is -2.23. The normalized spacial score (nSPS) is 12.0. The second-order valence-electron chi connectivity index (χ2n) is 5.97. The lowest BCUT2D eigenvalue weighted by atomic mass is 10.2. The number of carbonyl (C=O) groups excluding carboxylic acids is 1. The van der Waals surface area contributed by atoms with Crippen LogP contribution in [0.2, 0.25) is 5.02 Å². The van der Waals surface area contributed by atoms with Gasteiger partial charge in [0.15, 0.2) is 5.96 Å². The highest BCUT2D eigenvalue weighted by molar-refractivity contribution is 7.99. The van der Waals surface area contributed by atoms with Crippen molar-refractivity contribution in [1.29, 1.82) is 0 Å². The van der Waals surface area contributed by atoms with E-state index in [1.807, 2.05) is 11.8 Å². The van der Waals surface area contributed by atoms with Crippen molar-refractivity contribution in [2.75, 3.05) is 31.7 Å². The third kappa shape index (κ3) is 8.45. The Morgan fingerprint density at radius 2 is 1.92 bits per heavy atom. The van der Waals surface area contributed by atoms with Crippen molar-refractivity contribution in [3.05, 3.63) is 29.3 Å². The summed E-state index contributed by atoms with van der Waals surface area (Å²) in [5.74, 6) is 0.751. The number of halogens is 1. The Labute approximate surface area is 154 Å². The number of nitrogens with zero attached hydrogens (tertiary/aromatic N) is 1. The molecule has 1 rings (SSSR count). The van der Waals surface area contributed by atoms with E-state index < -0.39 is 0 Å². The van der Waals surface area contributed by atoms with E-state index in [1.165, 1.54) is 0 Å². The standard InChI is InChI=1S/C17H27ClN4OS/c1-17(2,24-4)12-21-16(19-3)20-11-5-6-15(23)22-14-9-7-13(18)8-10-14/h7-10H,5-6,11-12H2,1-4H3,(H,22,23)(H2,19,20,21). The van der Waals surface area contributed by atoms with Gasteiger partial charge in [0.1, 0.15) is 0 Å². The number of carbonyl (C=O) groups is 1. The van der Waals surface area contributed by atoms with E-state index in [1.54, 1.807) is 31.3 Å². The van der Waals surface area contributed by atoms with Crippen LogP contribution in [0.1, 0.15) is 26.7 Å². The minimum absolute atomic E-state index is 0.00872. The van der Waals surface area contributed by atoms with Crippen molar-refractivity contribution < 1.29 is 4.79 Å². The maximum Gasteiger partial charge on any atom is 0.224 e. The summed E-state index contributed by atoms with van der Waals surface area (Å²) in [6.45, 7) is 5.87. The molecule has 3 N–H and O–H groups in total. The summed E-state index contributed by atoms with van der Waals surface area (Å²) in [5.41, 5.74) is 0.758. The highest BCUT2D eigenvalue weighted by atomic mass is 35.5. The number of anilines is 1. The molecular weight excluding hydrogens is 344 g/mol. The highest BCUT2D eigenvalue weighted by Crippen LogP contribution is 2.19. The molecule has 24 heavy (non-hydrogen) atoms. The second kappa shape index (κ2) is 10.5. The van der Waals surface area contributed by atoms with Gasteiger partial charge in [-0.05, 0) is 50.8 Å². The molecule has 0 aliphatic rings. The van der Waals surface area contributed by atoms with Crippen LogP contribution in [0, 0.1) is 0 Å². The molecule has 5 nitrogen and oxygen atoms in total. The zero-order valence-electron chi connectivity index (χ0n) is 14.8. The number of hydrogen-bond acceptors (Lipinski definition) is 3. The quantitative estimate of drug-likeness (QED) is 0.373. The van der Waals surface area contributed by atoms with Gasteiger partial charge in [0.05, 0.1) is 0 Å². The molecule has 0 aliphatic carbocycles. The van der Waals surface area contributed by atoms with Crippen molar-refractivity contribution in [3.63, 3.8) is 0 Å². The molecule has 134 valence electrons. The monoisotopic (exact) mass is 370 g/mol. The molecule has 0 bridgehead atoms. The minimum atomic E-state index is -0.00872. The summed E-state index contributed by atoms with van der Waals surface area (Å²) in [7, 11) is 1.74. The molecule has 1 amide bonds. The van der Waals surface area contributed by atoms with Gasteiger partial charge in [-0.3, -0.25) is 9.79 Å². The van der Waals surface area contributed by atoms with E-state index >= 15 is 0 Å². The van der Waals surface area contributed by atoms with Crippen molar-refractivity contribution in [1.82, 2.24) is 10.6 Å².